The lowest BCUT2D eigenvalue weighted by atomic mass is 10.2. The number of ether oxygens (including phenoxy) is 1. The first-order chi connectivity index (χ1) is 13.4. The average molecular weight is 440 g/mol. The summed E-state index contributed by atoms with van der Waals surface area (Å²) in [4.78, 5) is 11.9. The Hall–Kier alpha value is -2.86. The van der Waals surface area contributed by atoms with Crippen molar-refractivity contribution in [2.75, 3.05) is 6.61 Å². The number of halogens is 1. The lowest BCUT2D eigenvalue weighted by molar-refractivity contribution is -0.123. The summed E-state index contributed by atoms with van der Waals surface area (Å²) in [5, 5.41) is 4.07. The first kappa shape index (κ1) is 19.9. The molecule has 5 nitrogen and oxygen atoms in total. The Labute approximate surface area is 173 Å². The standard InChI is InChI=1S/C22H22BrN3O2/c1-15-5-4-6-20(11-15)26-16(2)12-18(17(26)3)13-24-25-22(27)14-28-21-9-7-19(23)8-10-21/h4-13H,14H2,1-3H3,(H,25,27)/b24-13-. The van der Waals surface area contributed by atoms with E-state index < -0.39 is 0 Å². The van der Waals surface area contributed by atoms with E-state index in [9.17, 15) is 4.79 Å². The minimum absolute atomic E-state index is 0.0959. The third kappa shape index (κ3) is 4.89. The fourth-order valence-corrected chi connectivity index (χ4v) is 3.23. The van der Waals surface area contributed by atoms with Crippen LogP contribution >= 0.6 is 15.9 Å². The molecule has 2 aromatic carbocycles. The molecule has 0 bridgehead atoms. The molecule has 1 N–H and O–H groups in total. The predicted octanol–water partition coefficient (Wildman–Crippen LogP) is 4.69. The molecule has 0 aliphatic rings. The third-order valence-corrected chi connectivity index (χ3v) is 4.84. The highest BCUT2D eigenvalue weighted by Gasteiger charge is 2.09. The molecule has 28 heavy (non-hydrogen) atoms. The third-order valence-electron chi connectivity index (χ3n) is 4.31. The van der Waals surface area contributed by atoms with Crippen molar-refractivity contribution in [3.8, 4) is 11.4 Å². The second-order valence-electron chi connectivity index (χ2n) is 6.54. The van der Waals surface area contributed by atoms with E-state index in [1.807, 2.05) is 31.2 Å². The monoisotopic (exact) mass is 439 g/mol. The van der Waals surface area contributed by atoms with E-state index >= 15 is 0 Å². The molecule has 6 heteroatoms. The van der Waals surface area contributed by atoms with Gasteiger partial charge in [0.15, 0.2) is 6.61 Å². The smallest absolute Gasteiger partial charge is 0.277 e. The number of hydrogen-bond acceptors (Lipinski definition) is 3. The van der Waals surface area contributed by atoms with Gasteiger partial charge in [-0.15, -0.1) is 0 Å². The van der Waals surface area contributed by atoms with E-state index in [0.29, 0.717) is 5.75 Å². The summed E-state index contributed by atoms with van der Waals surface area (Å²) in [6, 6.07) is 17.7. The molecule has 0 saturated carbocycles. The van der Waals surface area contributed by atoms with Crippen LogP contribution in [-0.2, 0) is 4.79 Å². The fourth-order valence-electron chi connectivity index (χ4n) is 2.97. The number of carbonyl (C=O) groups excluding carboxylic acids is 1. The van der Waals surface area contributed by atoms with E-state index in [0.717, 1.165) is 27.1 Å². The molecule has 0 saturated heterocycles. The molecule has 0 unspecified atom stereocenters. The zero-order valence-corrected chi connectivity index (χ0v) is 17.7. The lowest BCUT2D eigenvalue weighted by Gasteiger charge is -2.10. The molecule has 0 radical (unpaired) electrons. The molecule has 0 aliphatic carbocycles. The highest BCUT2D eigenvalue weighted by atomic mass is 79.9. The van der Waals surface area contributed by atoms with Crippen molar-refractivity contribution in [2.45, 2.75) is 20.8 Å². The Kier molecular flexibility index (Phi) is 6.31. The molecule has 0 aliphatic heterocycles. The van der Waals surface area contributed by atoms with Gasteiger partial charge in [-0.2, -0.15) is 5.10 Å². The van der Waals surface area contributed by atoms with Gasteiger partial charge < -0.3 is 9.30 Å². The zero-order chi connectivity index (χ0) is 20.1. The van der Waals surface area contributed by atoms with Crippen LogP contribution in [0.15, 0.2) is 64.2 Å². The molecule has 3 aromatic rings. The van der Waals surface area contributed by atoms with Crippen molar-refractivity contribution in [1.29, 1.82) is 0 Å². The molecule has 144 valence electrons. The number of hydrogen-bond donors (Lipinski definition) is 1. The molecular formula is C22H22BrN3O2. The van der Waals surface area contributed by atoms with Gasteiger partial charge in [-0.25, -0.2) is 5.43 Å². The van der Waals surface area contributed by atoms with Crippen LogP contribution in [0.4, 0.5) is 0 Å². The summed E-state index contributed by atoms with van der Waals surface area (Å²) in [7, 11) is 0. The van der Waals surface area contributed by atoms with Crippen molar-refractivity contribution in [3.05, 3.63) is 81.6 Å². The molecule has 1 amide bonds. The van der Waals surface area contributed by atoms with E-state index in [1.54, 1.807) is 18.3 Å². The second kappa shape index (κ2) is 8.89. The van der Waals surface area contributed by atoms with Crippen LogP contribution in [0.2, 0.25) is 0 Å². The SMILES string of the molecule is Cc1cccc(-n2c(C)cc(/C=N\NC(=O)COc3ccc(Br)cc3)c2C)c1. The first-order valence-corrected chi connectivity index (χ1v) is 9.69. The number of aromatic nitrogens is 1. The van der Waals surface area contributed by atoms with Gasteiger partial charge in [0.2, 0.25) is 0 Å². The van der Waals surface area contributed by atoms with E-state index in [4.69, 9.17) is 4.74 Å². The number of benzene rings is 2. The number of nitrogens with zero attached hydrogens (tertiary/aromatic N) is 2. The lowest BCUT2D eigenvalue weighted by Crippen LogP contribution is -2.24. The average Bonchev–Trinajstić information content (AvgIpc) is 2.95. The highest BCUT2D eigenvalue weighted by molar-refractivity contribution is 9.10. The Bertz CT molecular complexity index is 1010. The number of carbonyl (C=O) groups is 1. The van der Waals surface area contributed by atoms with E-state index in [2.05, 4.69) is 63.1 Å². The van der Waals surface area contributed by atoms with Gasteiger partial charge in [0.25, 0.3) is 5.91 Å². The Morgan fingerprint density at radius 3 is 2.61 bits per heavy atom. The summed E-state index contributed by atoms with van der Waals surface area (Å²) in [5.74, 6) is 0.315. The summed E-state index contributed by atoms with van der Waals surface area (Å²) >= 11 is 3.36. The maximum atomic E-state index is 11.9. The van der Waals surface area contributed by atoms with Gasteiger partial charge >= 0.3 is 0 Å². The van der Waals surface area contributed by atoms with Crippen LogP contribution in [0.25, 0.3) is 5.69 Å². The van der Waals surface area contributed by atoms with Crippen molar-refractivity contribution in [3.63, 3.8) is 0 Å². The van der Waals surface area contributed by atoms with Gasteiger partial charge in [0.1, 0.15) is 5.75 Å². The molecule has 0 spiro atoms. The maximum Gasteiger partial charge on any atom is 0.277 e. The van der Waals surface area contributed by atoms with Crippen LogP contribution in [0.5, 0.6) is 5.75 Å². The normalized spacial score (nSPS) is 11.0. The highest BCUT2D eigenvalue weighted by Crippen LogP contribution is 2.20. The summed E-state index contributed by atoms with van der Waals surface area (Å²) < 4.78 is 8.56. The molecule has 1 aromatic heterocycles. The van der Waals surface area contributed by atoms with Crippen LogP contribution in [-0.4, -0.2) is 23.3 Å². The molecule has 0 fully saturated rings. The maximum absolute atomic E-state index is 11.9. The predicted molar refractivity (Wildman–Crippen MR) is 115 cm³/mol. The Morgan fingerprint density at radius 2 is 1.89 bits per heavy atom. The number of aryl methyl sites for hydroxylation is 2. The van der Waals surface area contributed by atoms with E-state index in [-0.39, 0.29) is 12.5 Å². The van der Waals surface area contributed by atoms with Gasteiger partial charge in [0.05, 0.1) is 6.21 Å². The number of rotatable bonds is 6. The van der Waals surface area contributed by atoms with Gasteiger partial charge in [0, 0.05) is 27.1 Å². The quantitative estimate of drug-likeness (QED) is 0.447. The van der Waals surface area contributed by atoms with Crippen LogP contribution in [0.1, 0.15) is 22.5 Å². The zero-order valence-electron chi connectivity index (χ0n) is 16.1. The fraction of sp³-hybridized carbons (Fsp3) is 0.182. The molecule has 3 rings (SSSR count). The van der Waals surface area contributed by atoms with Crippen molar-refractivity contribution in [1.82, 2.24) is 9.99 Å². The summed E-state index contributed by atoms with van der Waals surface area (Å²) in [5.41, 5.74) is 7.94. The second-order valence-corrected chi connectivity index (χ2v) is 7.45. The minimum Gasteiger partial charge on any atom is -0.484 e. The van der Waals surface area contributed by atoms with Gasteiger partial charge in [-0.1, -0.05) is 28.1 Å². The van der Waals surface area contributed by atoms with Gasteiger partial charge in [-0.3, -0.25) is 4.79 Å². The molecule has 0 atom stereocenters. The first-order valence-electron chi connectivity index (χ1n) is 8.90. The van der Waals surface area contributed by atoms with Crippen LogP contribution in [0, 0.1) is 20.8 Å². The number of hydrazone groups is 1. The summed E-state index contributed by atoms with van der Waals surface area (Å²) in [6.07, 6.45) is 1.66. The number of amides is 1. The van der Waals surface area contributed by atoms with Crippen LogP contribution < -0.4 is 10.2 Å². The minimum atomic E-state index is -0.313. The van der Waals surface area contributed by atoms with Crippen molar-refractivity contribution >= 4 is 28.1 Å². The largest absolute Gasteiger partial charge is 0.484 e. The van der Waals surface area contributed by atoms with E-state index in [1.165, 1.54) is 5.56 Å². The molecule has 1 heterocycles. The van der Waals surface area contributed by atoms with Crippen molar-refractivity contribution in [2.24, 2.45) is 5.10 Å². The van der Waals surface area contributed by atoms with Crippen LogP contribution in [0.3, 0.4) is 0 Å². The topological polar surface area (TPSA) is 55.6 Å². The Balaban J connectivity index is 1.62. The Morgan fingerprint density at radius 1 is 1.14 bits per heavy atom. The van der Waals surface area contributed by atoms with Crippen molar-refractivity contribution < 1.29 is 9.53 Å². The van der Waals surface area contributed by atoms with Gasteiger partial charge in [-0.05, 0) is 68.8 Å². The molecular weight excluding hydrogens is 418 g/mol. The number of nitrogens with one attached hydrogen (secondary N) is 1. The summed E-state index contributed by atoms with van der Waals surface area (Å²) in [6.45, 7) is 6.07.